The van der Waals surface area contributed by atoms with Crippen LogP contribution in [0.4, 0.5) is 11.4 Å². The van der Waals surface area contributed by atoms with Crippen LogP contribution in [0.5, 0.6) is 5.75 Å². The molecule has 1 aliphatic heterocycles. The van der Waals surface area contributed by atoms with Crippen molar-refractivity contribution < 1.29 is 15.0 Å². The monoisotopic (exact) mass is 408 g/mol. The van der Waals surface area contributed by atoms with E-state index in [0.29, 0.717) is 23.5 Å². The molecule has 1 atom stereocenters. The van der Waals surface area contributed by atoms with E-state index in [2.05, 4.69) is 15.2 Å². The molecule has 0 aliphatic carbocycles. The minimum absolute atomic E-state index is 0.00854. The summed E-state index contributed by atoms with van der Waals surface area (Å²) in [6.07, 6.45) is 2.93. The molecule has 0 fully saturated rings. The predicted molar refractivity (Wildman–Crippen MR) is 118 cm³/mol. The zero-order valence-electron chi connectivity index (χ0n) is 17.6. The number of amides is 1. The van der Waals surface area contributed by atoms with Gasteiger partial charge < -0.3 is 25.4 Å². The number of hydrogen-bond donors (Lipinski definition) is 4. The highest BCUT2D eigenvalue weighted by molar-refractivity contribution is 6.17. The average Bonchev–Trinajstić information content (AvgIpc) is 3.24. The van der Waals surface area contributed by atoms with Gasteiger partial charge in [0.25, 0.3) is 5.91 Å². The molecule has 0 saturated heterocycles. The van der Waals surface area contributed by atoms with Crippen LogP contribution >= 0.6 is 0 Å². The van der Waals surface area contributed by atoms with Gasteiger partial charge in [0.2, 0.25) is 0 Å². The number of nitrogens with one attached hydrogen (secondary N) is 2. The number of aliphatic hydroxyl groups is 1. The van der Waals surface area contributed by atoms with Crippen LogP contribution in [-0.4, -0.2) is 60.2 Å². The van der Waals surface area contributed by atoms with E-state index < -0.39 is 11.5 Å². The highest BCUT2D eigenvalue weighted by Gasteiger charge is 2.50. The number of nitrogens with zero attached hydrogens (tertiary/aromatic N) is 2. The number of benzene rings is 2. The third-order valence-corrected chi connectivity index (χ3v) is 5.82. The van der Waals surface area contributed by atoms with Crippen LogP contribution in [0.3, 0.4) is 0 Å². The number of aromatic amines is 1. The highest BCUT2D eigenvalue weighted by atomic mass is 16.3. The third kappa shape index (κ3) is 3.15. The number of rotatable bonds is 7. The number of aromatic nitrogens is 1. The van der Waals surface area contributed by atoms with Crippen LogP contribution in [0.1, 0.15) is 17.5 Å². The first-order valence-corrected chi connectivity index (χ1v) is 10.2. The Morgan fingerprint density at radius 2 is 1.97 bits per heavy atom. The normalized spacial score (nSPS) is 18.6. The van der Waals surface area contributed by atoms with E-state index in [9.17, 15) is 15.0 Å². The maximum atomic E-state index is 13.6. The molecule has 4 rings (SSSR count). The molecule has 7 heteroatoms. The summed E-state index contributed by atoms with van der Waals surface area (Å²) in [6.45, 7) is 1.32. The first kappa shape index (κ1) is 20.4. The number of fused-ring (bicyclic) bond motifs is 2. The van der Waals surface area contributed by atoms with Crippen molar-refractivity contribution in [3.05, 3.63) is 53.7 Å². The summed E-state index contributed by atoms with van der Waals surface area (Å²) in [5, 5.41) is 26.1. The number of carbonyl (C=O) groups is 1. The maximum absolute atomic E-state index is 13.6. The van der Waals surface area contributed by atoms with E-state index in [1.165, 1.54) is 4.90 Å². The summed E-state index contributed by atoms with van der Waals surface area (Å²) >= 11 is 0. The van der Waals surface area contributed by atoms with Gasteiger partial charge in [-0.25, -0.2) is 0 Å². The zero-order valence-corrected chi connectivity index (χ0v) is 17.6. The molecule has 3 aromatic rings. The van der Waals surface area contributed by atoms with Crippen LogP contribution in [0.25, 0.3) is 10.9 Å². The molecule has 2 aromatic carbocycles. The minimum atomic E-state index is -1.64. The minimum Gasteiger partial charge on any atom is -0.506 e. The van der Waals surface area contributed by atoms with Gasteiger partial charge in [-0.2, -0.15) is 0 Å². The molecule has 1 amide bonds. The highest BCUT2D eigenvalue weighted by Crippen LogP contribution is 2.50. The lowest BCUT2D eigenvalue weighted by molar-refractivity contribution is -0.135. The van der Waals surface area contributed by atoms with Crippen molar-refractivity contribution in [2.75, 3.05) is 39.1 Å². The molecule has 7 nitrogen and oxygen atoms in total. The number of para-hydroxylation sites is 1. The summed E-state index contributed by atoms with van der Waals surface area (Å²) in [6, 6.07) is 10.7. The van der Waals surface area contributed by atoms with Crippen LogP contribution in [-0.2, 0) is 16.8 Å². The van der Waals surface area contributed by atoms with Crippen molar-refractivity contribution in [2.24, 2.45) is 0 Å². The molecule has 1 aliphatic rings. The number of aromatic hydroxyl groups is 1. The fourth-order valence-electron chi connectivity index (χ4n) is 4.23. The Kier molecular flexibility index (Phi) is 5.27. The number of H-pyrrole nitrogens is 1. The van der Waals surface area contributed by atoms with Crippen LogP contribution in [0.15, 0.2) is 42.6 Å². The fraction of sp³-hybridized carbons (Fsp3) is 0.348. The van der Waals surface area contributed by atoms with Crippen molar-refractivity contribution >= 4 is 28.2 Å². The van der Waals surface area contributed by atoms with Gasteiger partial charge in [-0.05, 0) is 57.9 Å². The summed E-state index contributed by atoms with van der Waals surface area (Å²) in [7, 11) is 5.81. The lowest BCUT2D eigenvalue weighted by atomic mass is 9.92. The van der Waals surface area contributed by atoms with Crippen molar-refractivity contribution in [3.8, 4) is 5.75 Å². The topological polar surface area (TPSA) is 91.8 Å². The van der Waals surface area contributed by atoms with Gasteiger partial charge in [0.1, 0.15) is 11.4 Å². The Morgan fingerprint density at radius 1 is 1.20 bits per heavy atom. The van der Waals surface area contributed by atoms with Gasteiger partial charge in [0.05, 0.1) is 5.69 Å². The molecule has 1 aromatic heterocycles. The van der Waals surface area contributed by atoms with Crippen molar-refractivity contribution in [1.29, 1.82) is 0 Å². The van der Waals surface area contributed by atoms with Gasteiger partial charge in [0, 0.05) is 35.6 Å². The fourth-order valence-corrected chi connectivity index (χ4v) is 4.23. The number of phenolic OH excluding ortho intramolecular Hbond substituents is 1. The number of phenols is 1. The lowest BCUT2D eigenvalue weighted by Gasteiger charge is -2.24. The zero-order chi connectivity index (χ0) is 21.5. The van der Waals surface area contributed by atoms with Crippen molar-refractivity contribution in [2.45, 2.75) is 18.4 Å². The SMILES string of the molecule is CNCCC1(O)C(=O)N(c2c(O)ccc3[nH]cc(CCN(C)C)c23)c2ccccc21. The van der Waals surface area contributed by atoms with E-state index >= 15 is 0 Å². The molecule has 4 N–H and O–H groups in total. The standard InChI is InChI=1S/C23H28N4O3/c1-24-12-11-23(30)16-6-4-5-7-18(16)27(22(23)29)21-19(28)9-8-17-20(21)15(14-25-17)10-13-26(2)3/h4-9,14,24-25,28,30H,10-13H2,1-3H3. The molecule has 1 unspecified atom stereocenters. The van der Waals surface area contributed by atoms with Gasteiger partial charge >= 0.3 is 0 Å². The predicted octanol–water partition coefficient (Wildman–Crippen LogP) is 2.45. The summed E-state index contributed by atoms with van der Waals surface area (Å²) in [4.78, 5) is 20.4. The summed E-state index contributed by atoms with van der Waals surface area (Å²) in [5.41, 5.74) is 1.79. The van der Waals surface area contributed by atoms with E-state index in [-0.39, 0.29) is 12.2 Å². The summed E-state index contributed by atoms with van der Waals surface area (Å²) in [5.74, 6) is -0.435. The van der Waals surface area contributed by atoms with Crippen molar-refractivity contribution in [3.63, 3.8) is 0 Å². The van der Waals surface area contributed by atoms with Gasteiger partial charge in [0.15, 0.2) is 5.60 Å². The molecule has 0 saturated carbocycles. The van der Waals surface area contributed by atoms with E-state index in [1.807, 2.05) is 44.6 Å². The van der Waals surface area contributed by atoms with E-state index in [0.717, 1.165) is 29.4 Å². The molecule has 0 spiro atoms. The number of likely N-dealkylation sites (N-methyl/N-ethyl adjacent to an activating group) is 1. The number of anilines is 2. The second-order valence-corrected chi connectivity index (χ2v) is 8.09. The molecular weight excluding hydrogens is 380 g/mol. The first-order valence-electron chi connectivity index (χ1n) is 10.2. The largest absolute Gasteiger partial charge is 0.506 e. The molecule has 158 valence electrons. The van der Waals surface area contributed by atoms with Crippen LogP contribution in [0.2, 0.25) is 0 Å². The van der Waals surface area contributed by atoms with E-state index in [4.69, 9.17) is 0 Å². The van der Waals surface area contributed by atoms with Crippen molar-refractivity contribution in [1.82, 2.24) is 15.2 Å². The van der Waals surface area contributed by atoms with Gasteiger partial charge in [-0.1, -0.05) is 18.2 Å². The number of hydrogen-bond acceptors (Lipinski definition) is 5. The molecule has 0 bridgehead atoms. The second kappa shape index (κ2) is 7.75. The molecule has 30 heavy (non-hydrogen) atoms. The Balaban J connectivity index is 1.91. The molecule has 2 heterocycles. The smallest absolute Gasteiger partial charge is 0.268 e. The Morgan fingerprint density at radius 3 is 2.70 bits per heavy atom. The maximum Gasteiger partial charge on any atom is 0.268 e. The van der Waals surface area contributed by atoms with E-state index in [1.54, 1.807) is 19.2 Å². The quantitative estimate of drug-likeness (QED) is 0.482. The second-order valence-electron chi connectivity index (χ2n) is 8.09. The third-order valence-electron chi connectivity index (χ3n) is 5.82. The van der Waals surface area contributed by atoms with Gasteiger partial charge in [-0.3, -0.25) is 9.69 Å². The molecule has 0 radical (unpaired) electrons. The Labute approximate surface area is 175 Å². The van der Waals surface area contributed by atoms with Gasteiger partial charge in [-0.15, -0.1) is 0 Å². The summed E-state index contributed by atoms with van der Waals surface area (Å²) < 4.78 is 0. The van der Waals surface area contributed by atoms with Crippen LogP contribution < -0.4 is 10.2 Å². The lowest BCUT2D eigenvalue weighted by Crippen LogP contribution is -2.40. The Hall–Kier alpha value is -2.87. The number of carbonyl (C=O) groups excluding carboxylic acids is 1. The van der Waals surface area contributed by atoms with Crippen LogP contribution in [0, 0.1) is 0 Å². The average molecular weight is 409 g/mol. The first-order chi connectivity index (χ1) is 14.4. The molecular formula is C23H28N4O3. The Bertz CT molecular complexity index is 1090.